The molecule has 8 nitrogen and oxygen atoms in total. The Labute approximate surface area is 245 Å². The molecule has 1 heterocycles. The fraction of sp³-hybridized carbons (Fsp3) is 0.188. The van der Waals surface area contributed by atoms with Crippen LogP contribution in [0.15, 0.2) is 102 Å². The van der Waals surface area contributed by atoms with Gasteiger partial charge in [0.15, 0.2) is 0 Å². The SMILES string of the molecule is CNC(=O)C1=C(c2ccc(F)cc2)O/C(=C/C(=C(\C)c2ccc(CNC(=O)c3ccccc3)cc2)N(C)S(C)(=O)=O)C1. The minimum atomic E-state index is -3.66. The third-order valence-electron chi connectivity index (χ3n) is 6.86. The highest BCUT2D eigenvalue weighted by molar-refractivity contribution is 7.88. The lowest BCUT2D eigenvalue weighted by Crippen LogP contribution is -2.25. The number of hydrogen-bond acceptors (Lipinski definition) is 5. The molecule has 0 unspecified atom stereocenters. The van der Waals surface area contributed by atoms with Gasteiger partial charge in [-0.15, -0.1) is 0 Å². The van der Waals surface area contributed by atoms with Crippen molar-refractivity contribution in [3.05, 3.63) is 130 Å². The number of hydrogen-bond donors (Lipinski definition) is 2. The number of sulfonamides is 1. The van der Waals surface area contributed by atoms with Crippen LogP contribution < -0.4 is 10.6 Å². The van der Waals surface area contributed by atoms with E-state index in [0.717, 1.165) is 21.7 Å². The quantitative estimate of drug-likeness (QED) is 0.372. The fourth-order valence-corrected chi connectivity index (χ4v) is 4.94. The van der Waals surface area contributed by atoms with E-state index in [4.69, 9.17) is 4.74 Å². The van der Waals surface area contributed by atoms with E-state index in [2.05, 4.69) is 10.6 Å². The normalized spacial score (nSPS) is 14.7. The van der Waals surface area contributed by atoms with Crippen molar-refractivity contribution in [2.45, 2.75) is 19.9 Å². The number of nitrogens with one attached hydrogen (secondary N) is 2. The van der Waals surface area contributed by atoms with Gasteiger partial charge in [-0.1, -0.05) is 42.5 Å². The zero-order valence-corrected chi connectivity index (χ0v) is 24.6. The Morgan fingerprint density at radius 1 is 0.952 bits per heavy atom. The fourth-order valence-electron chi connectivity index (χ4n) is 4.39. The van der Waals surface area contributed by atoms with Crippen LogP contribution in [-0.2, 0) is 26.1 Å². The summed E-state index contributed by atoms with van der Waals surface area (Å²) in [6, 6.07) is 21.9. The van der Waals surface area contributed by atoms with Gasteiger partial charge in [0.1, 0.15) is 17.3 Å². The highest BCUT2D eigenvalue weighted by Crippen LogP contribution is 2.37. The van der Waals surface area contributed by atoms with E-state index < -0.39 is 15.8 Å². The van der Waals surface area contributed by atoms with Gasteiger partial charge in [0.05, 0.1) is 17.5 Å². The molecule has 1 aliphatic rings. The number of carbonyl (C=O) groups is 2. The lowest BCUT2D eigenvalue weighted by molar-refractivity contribution is -0.117. The predicted octanol–water partition coefficient (Wildman–Crippen LogP) is 4.84. The van der Waals surface area contributed by atoms with E-state index in [9.17, 15) is 22.4 Å². The van der Waals surface area contributed by atoms with Crippen LogP contribution in [-0.4, -0.2) is 44.9 Å². The second kappa shape index (κ2) is 12.9. The average Bonchev–Trinajstić information content (AvgIpc) is 3.42. The van der Waals surface area contributed by atoms with Crippen LogP contribution in [0.5, 0.6) is 0 Å². The van der Waals surface area contributed by atoms with Crippen LogP contribution in [0.4, 0.5) is 4.39 Å². The van der Waals surface area contributed by atoms with E-state index in [1.54, 1.807) is 37.3 Å². The highest BCUT2D eigenvalue weighted by atomic mass is 32.2. The summed E-state index contributed by atoms with van der Waals surface area (Å²) in [6.07, 6.45) is 2.82. The van der Waals surface area contributed by atoms with Gasteiger partial charge in [-0.25, -0.2) is 12.8 Å². The molecule has 4 rings (SSSR count). The summed E-state index contributed by atoms with van der Waals surface area (Å²) < 4.78 is 46.0. The summed E-state index contributed by atoms with van der Waals surface area (Å²) >= 11 is 0. The van der Waals surface area contributed by atoms with Gasteiger partial charge in [0.2, 0.25) is 10.0 Å². The van der Waals surface area contributed by atoms with Gasteiger partial charge in [-0.3, -0.25) is 13.9 Å². The van der Waals surface area contributed by atoms with Gasteiger partial charge in [-0.2, -0.15) is 0 Å². The lowest BCUT2D eigenvalue weighted by atomic mass is 10.0. The Hall–Kier alpha value is -4.70. The molecule has 0 atom stereocenters. The molecule has 2 N–H and O–H groups in total. The van der Waals surface area contributed by atoms with Crippen molar-refractivity contribution in [3.63, 3.8) is 0 Å². The molecule has 218 valence electrons. The van der Waals surface area contributed by atoms with Crippen molar-refractivity contribution >= 4 is 33.2 Å². The average molecular weight is 590 g/mol. The molecule has 0 radical (unpaired) electrons. The zero-order valence-electron chi connectivity index (χ0n) is 23.8. The summed E-state index contributed by atoms with van der Waals surface area (Å²) in [4.78, 5) is 25.0. The monoisotopic (exact) mass is 589 g/mol. The smallest absolute Gasteiger partial charge is 0.251 e. The number of nitrogens with zero attached hydrogens (tertiary/aromatic N) is 1. The summed E-state index contributed by atoms with van der Waals surface area (Å²) in [7, 11) is -0.712. The minimum absolute atomic E-state index is 0.112. The maximum absolute atomic E-state index is 13.5. The number of amides is 2. The number of benzene rings is 3. The van der Waals surface area contributed by atoms with Crippen LogP contribution in [0, 0.1) is 5.82 Å². The lowest BCUT2D eigenvalue weighted by Gasteiger charge is -2.21. The maximum atomic E-state index is 13.5. The van der Waals surface area contributed by atoms with Gasteiger partial charge in [-0.05, 0) is 60.0 Å². The van der Waals surface area contributed by atoms with Crippen molar-refractivity contribution in [1.29, 1.82) is 0 Å². The number of rotatable bonds is 9. The molecule has 0 spiro atoms. The van der Waals surface area contributed by atoms with Gasteiger partial charge in [0, 0.05) is 44.3 Å². The molecule has 0 aromatic heterocycles. The van der Waals surface area contributed by atoms with Crippen LogP contribution in [0.3, 0.4) is 0 Å². The first-order valence-corrected chi connectivity index (χ1v) is 15.0. The predicted molar refractivity (Wildman–Crippen MR) is 160 cm³/mol. The Kier molecular flexibility index (Phi) is 9.27. The summed E-state index contributed by atoms with van der Waals surface area (Å²) in [6.45, 7) is 2.12. The molecule has 0 saturated heterocycles. The Balaban J connectivity index is 1.63. The molecule has 0 aliphatic carbocycles. The molecule has 10 heteroatoms. The van der Waals surface area contributed by atoms with E-state index in [0.29, 0.717) is 40.3 Å². The summed E-state index contributed by atoms with van der Waals surface area (Å²) in [5.74, 6) is -0.318. The Morgan fingerprint density at radius 3 is 2.19 bits per heavy atom. The molecule has 0 bridgehead atoms. The second-order valence-corrected chi connectivity index (χ2v) is 11.8. The number of halogens is 1. The first-order valence-electron chi connectivity index (χ1n) is 13.1. The molecule has 1 aliphatic heterocycles. The summed E-state index contributed by atoms with van der Waals surface area (Å²) in [5, 5.41) is 5.49. The van der Waals surface area contributed by atoms with E-state index in [1.165, 1.54) is 38.4 Å². The largest absolute Gasteiger partial charge is 0.460 e. The van der Waals surface area contributed by atoms with E-state index >= 15 is 0 Å². The van der Waals surface area contributed by atoms with Gasteiger partial charge >= 0.3 is 0 Å². The molecular weight excluding hydrogens is 557 g/mol. The maximum Gasteiger partial charge on any atom is 0.251 e. The van der Waals surface area contributed by atoms with Crippen molar-refractivity contribution in [2.75, 3.05) is 20.4 Å². The third-order valence-corrected chi connectivity index (χ3v) is 8.05. The summed E-state index contributed by atoms with van der Waals surface area (Å²) in [5.41, 5.74) is 4.06. The van der Waals surface area contributed by atoms with Crippen molar-refractivity contribution < 1.29 is 27.1 Å². The molecule has 42 heavy (non-hydrogen) atoms. The first-order chi connectivity index (χ1) is 20.0. The first kappa shape index (κ1) is 30.3. The minimum Gasteiger partial charge on any atom is -0.460 e. The van der Waals surface area contributed by atoms with Crippen LogP contribution >= 0.6 is 0 Å². The van der Waals surface area contributed by atoms with Crippen LogP contribution in [0.25, 0.3) is 11.3 Å². The van der Waals surface area contributed by atoms with Crippen molar-refractivity contribution in [3.8, 4) is 0 Å². The molecule has 0 saturated carbocycles. The second-order valence-electron chi connectivity index (χ2n) is 9.77. The van der Waals surface area contributed by atoms with Crippen LogP contribution in [0.2, 0.25) is 0 Å². The topological polar surface area (TPSA) is 105 Å². The molecule has 3 aromatic rings. The van der Waals surface area contributed by atoms with Gasteiger partial charge in [0.25, 0.3) is 11.8 Å². The Bertz CT molecular complexity index is 1680. The highest BCUT2D eigenvalue weighted by Gasteiger charge is 2.28. The van der Waals surface area contributed by atoms with Crippen molar-refractivity contribution in [1.82, 2.24) is 14.9 Å². The van der Waals surface area contributed by atoms with Gasteiger partial charge < -0.3 is 15.4 Å². The third kappa shape index (κ3) is 7.13. The van der Waals surface area contributed by atoms with E-state index in [1.807, 2.05) is 30.3 Å². The standard InChI is InChI=1S/C32H32FN3O5S/c1-21(23-12-10-22(11-13-23)20-35-31(37)25-8-6-5-7-9-25)29(36(3)42(4,39)40)19-27-18-28(32(38)34-2)30(41-27)24-14-16-26(33)17-15-24/h5-17,19H,18,20H2,1-4H3,(H,34,38)(H,35,37)/b27-19+,29-21-. The van der Waals surface area contributed by atoms with Crippen LogP contribution in [0.1, 0.15) is 40.4 Å². The van der Waals surface area contributed by atoms with E-state index in [-0.39, 0.29) is 24.0 Å². The Morgan fingerprint density at radius 2 is 1.60 bits per heavy atom. The number of allylic oxidation sites excluding steroid dienone is 3. The molecule has 0 fully saturated rings. The molecule has 3 aromatic carbocycles. The molecular formula is C32H32FN3O5S. The molecule has 2 amide bonds. The van der Waals surface area contributed by atoms with Crippen molar-refractivity contribution in [2.24, 2.45) is 0 Å². The number of likely N-dealkylation sites (N-methyl/N-ethyl adjacent to an activating group) is 2. The zero-order chi connectivity index (χ0) is 30.4. The number of ether oxygens (including phenoxy) is 1. The number of carbonyl (C=O) groups excluding carboxylic acids is 2.